The fourth-order valence-corrected chi connectivity index (χ4v) is 18.2. The summed E-state index contributed by atoms with van der Waals surface area (Å²) >= 11 is 0. The lowest BCUT2D eigenvalue weighted by atomic mass is 9.79. The highest BCUT2D eigenvalue weighted by atomic mass is 16.8. The van der Waals surface area contributed by atoms with Gasteiger partial charge in [0.15, 0.2) is 17.4 Å². The zero-order chi connectivity index (χ0) is 54.0. The SMILES string of the molecule is C=C1C[C@@H]2CC[C@@]34C[C@@H]5O[C@H]6[C@@H](O3)[C@H]3O[C@H](CC[C@@H]3O[C@H]6[C@@H]5O4)CC(=O)O[C@@H]3[C@@H](C)[C@@H]4O[C@@H]5C[C@]6(C[C@@H]7O[C@]8(C[C@H](C)[C@@H]9O[C@H]([C@@H](O)C[C@@H](O)CO)C[C@@H]9O8)C[C@H](C)[C@@H]7O6)O[C@@H]5C[C@@H]4O[C@H]3C[C@H]3O[C@@H](CC[C@@H]1O2)C[C@@H](C)C3=C. The summed E-state index contributed by atoms with van der Waals surface area (Å²) < 4.78 is 104. The Bertz CT molecular complexity index is 2340. The number of carbonyl (C=O) groups is 1. The van der Waals surface area contributed by atoms with Crippen LogP contribution in [0.4, 0.5) is 0 Å². The van der Waals surface area contributed by atoms with E-state index in [2.05, 4.69) is 40.9 Å². The Balaban J connectivity index is 0.655. The molecule has 16 rings (SSSR count). The van der Waals surface area contributed by atoms with Crippen LogP contribution in [0.15, 0.2) is 24.3 Å². The summed E-state index contributed by atoms with van der Waals surface area (Å²) in [5.41, 5.74) is 2.15. The third-order valence-corrected chi connectivity index (χ3v) is 21.9. The molecule has 19 nitrogen and oxygen atoms in total. The van der Waals surface area contributed by atoms with Gasteiger partial charge < -0.3 is 86.4 Å². The summed E-state index contributed by atoms with van der Waals surface area (Å²) in [6.07, 6.45) is 2.17. The van der Waals surface area contributed by atoms with E-state index in [9.17, 15) is 20.1 Å². The van der Waals surface area contributed by atoms with E-state index in [1.54, 1.807) is 0 Å². The maximum absolute atomic E-state index is 14.6. The molecule has 19 heteroatoms. The first-order valence-corrected chi connectivity index (χ1v) is 30.8. The minimum Gasteiger partial charge on any atom is -0.459 e. The summed E-state index contributed by atoms with van der Waals surface area (Å²) in [4.78, 5) is 14.6. The first-order valence-electron chi connectivity index (χ1n) is 30.8. The second kappa shape index (κ2) is 20.2. The summed E-state index contributed by atoms with van der Waals surface area (Å²) in [6.45, 7) is 17.4. The molecule has 16 aliphatic rings. The van der Waals surface area contributed by atoms with Crippen LogP contribution in [0.5, 0.6) is 0 Å². The number of esters is 1. The Labute approximate surface area is 463 Å². The molecule has 16 fully saturated rings. The largest absolute Gasteiger partial charge is 0.459 e. The maximum atomic E-state index is 14.6. The van der Waals surface area contributed by atoms with Crippen LogP contribution in [-0.4, -0.2) is 198 Å². The predicted molar refractivity (Wildman–Crippen MR) is 274 cm³/mol. The van der Waals surface area contributed by atoms with Crippen molar-refractivity contribution in [3.8, 4) is 0 Å². The van der Waals surface area contributed by atoms with Crippen LogP contribution in [0, 0.1) is 23.7 Å². The number of hydrogen-bond acceptors (Lipinski definition) is 19. The van der Waals surface area contributed by atoms with Crippen LogP contribution < -0.4 is 0 Å². The molecule has 32 atom stereocenters. The van der Waals surface area contributed by atoms with Gasteiger partial charge in [-0.15, -0.1) is 0 Å². The molecule has 0 aromatic carbocycles. The molecule has 0 unspecified atom stereocenters. The van der Waals surface area contributed by atoms with Crippen molar-refractivity contribution in [3.63, 3.8) is 0 Å². The number of carbonyl (C=O) groups excluding carboxylic acids is 1. The molecule has 16 heterocycles. The molecule has 0 saturated carbocycles. The monoisotopic (exact) mass is 1110 g/mol. The number of hydrogen-bond donors (Lipinski definition) is 3. The van der Waals surface area contributed by atoms with Gasteiger partial charge in [-0.25, -0.2) is 0 Å². The van der Waals surface area contributed by atoms with Crippen LogP contribution in [0.3, 0.4) is 0 Å². The Hall–Kier alpha value is -1.73. The topological polar surface area (TPSA) is 216 Å². The Kier molecular flexibility index (Phi) is 13.8. The first-order chi connectivity index (χ1) is 38.0. The van der Waals surface area contributed by atoms with E-state index >= 15 is 0 Å². The van der Waals surface area contributed by atoms with Gasteiger partial charge in [-0.05, 0) is 73.8 Å². The summed E-state index contributed by atoms with van der Waals surface area (Å²) in [7, 11) is 0. The molecule has 16 saturated heterocycles. The molecule has 12 bridgehead atoms. The zero-order valence-electron chi connectivity index (χ0n) is 46.5. The minimum atomic E-state index is -1.02. The normalized spacial score (nSPS) is 57.2. The molecule has 0 radical (unpaired) electrons. The summed E-state index contributed by atoms with van der Waals surface area (Å²) in [6, 6.07) is 0. The van der Waals surface area contributed by atoms with Gasteiger partial charge in [-0.1, -0.05) is 40.9 Å². The molecular formula is C60H86O19. The van der Waals surface area contributed by atoms with Gasteiger partial charge >= 0.3 is 5.97 Å². The molecule has 0 aromatic heterocycles. The smallest absolute Gasteiger partial charge is 0.308 e. The van der Waals surface area contributed by atoms with Crippen molar-refractivity contribution in [1.82, 2.24) is 0 Å². The minimum absolute atomic E-state index is 0.0143. The number of fused-ring (bicyclic) bond motifs is 10. The van der Waals surface area contributed by atoms with Crippen molar-refractivity contribution < 1.29 is 91.2 Å². The van der Waals surface area contributed by atoms with Gasteiger partial charge in [-0.3, -0.25) is 4.79 Å². The van der Waals surface area contributed by atoms with Gasteiger partial charge in [0, 0.05) is 70.1 Å². The third kappa shape index (κ3) is 9.43. The second-order valence-corrected chi connectivity index (χ2v) is 27.5. The average molecular weight is 1110 g/mol. The molecule has 440 valence electrons. The van der Waals surface area contributed by atoms with Gasteiger partial charge in [0.25, 0.3) is 0 Å². The highest BCUT2D eigenvalue weighted by Crippen LogP contribution is 2.58. The van der Waals surface area contributed by atoms with Crippen molar-refractivity contribution in [2.75, 3.05) is 6.61 Å². The van der Waals surface area contributed by atoms with E-state index in [4.69, 9.17) is 71.1 Å². The molecule has 3 spiro atoms. The van der Waals surface area contributed by atoms with Crippen LogP contribution in [0.1, 0.15) is 143 Å². The third-order valence-electron chi connectivity index (χ3n) is 21.9. The first kappa shape index (κ1) is 54.0. The lowest BCUT2D eigenvalue weighted by Crippen LogP contribution is -2.62. The van der Waals surface area contributed by atoms with Crippen LogP contribution in [0.25, 0.3) is 0 Å². The van der Waals surface area contributed by atoms with E-state index in [1.165, 1.54) is 0 Å². The summed E-state index contributed by atoms with van der Waals surface area (Å²) in [5, 5.41) is 30.3. The zero-order valence-corrected chi connectivity index (χ0v) is 46.5. The fraction of sp³-hybridized carbons (Fsp3) is 0.917. The maximum Gasteiger partial charge on any atom is 0.308 e. The standard InChI is InChI=1S/C60H86O19/c1-26-13-33-7-9-37-27(2)14-35(65-37)11-12-58-23-46-54(78-58)55-56(72-46)57(79-58)53-38(69-55)10-8-34(67-53)16-48(64)73-52-31(6)51-43(68-42(52)17-39(66-33)30(26)5)19-41-45(71-51)22-60(74-41)24-47-50(77-60)29(4)21-59(76-47)20-28(3)49-44(75-59)18-40(70-49)36(63)15-32(62)25-61/h26,28-29,31-47,49-57,61-63H,2,5,7-25H2,1,3-4,6H3/t26-,28+,29+,31+,32-,33+,34-,35+,36+,37+,38+,39-,40+,41-,42+,43+,44+,45-,46+,47+,49+,50+,51+,52-,53+,54-,55+,56-,57+,58+,59-,60+/m1/s1. The lowest BCUT2D eigenvalue weighted by Gasteiger charge is -2.50. The highest BCUT2D eigenvalue weighted by molar-refractivity contribution is 5.70. The summed E-state index contributed by atoms with van der Waals surface area (Å²) in [5.74, 6) is -2.77. The molecular weight excluding hydrogens is 1020 g/mol. The van der Waals surface area contributed by atoms with Gasteiger partial charge in [-0.2, -0.15) is 0 Å². The Morgan fingerprint density at radius 2 is 1.18 bits per heavy atom. The van der Waals surface area contributed by atoms with Gasteiger partial charge in [0.05, 0.1) is 129 Å². The molecule has 0 aliphatic carbocycles. The van der Waals surface area contributed by atoms with E-state index in [1.807, 2.05) is 0 Å². The van der Waals surface area contributed by atoms with Crippen molar-refractivity contribution >= 4 is 5.97 Å². The van der Waals surface area contributed by atoms with Crippen molar-refractivity contribution in [1.29, 1.82) is 0 Å². The molecule has 79 heavy (non-hydrogen) atoms. The molecule has 0 amide bonds. The molecule has 16 aliphatic heterocycles. The van der Waals surface area contributed by atoms with Gasteiger partial charge in [0.1, 0.15) is 36.6 Å². The van der Waals surface area contributed by atoms with E-state index < -0.39 is 72.8 Å². The quantitative estimate of drug-likeness (QED) is 0.251. The van der Waals surface area contributed by atoms with Crippen LogP contribution >= 0.6 is 0 Å². The highest BCUT2D eigenvalue weighted by Gasteiger charge is 2.70. The van der Waals surface area contributed by atoms with E-state index in [0.29, 0.717) is 64.2 Å². The average Bonchev–Trinajstić information content (AvgIpc) is 4.25. The Morgan fingerprint density at radius 3 is 2.03 bits per heavy atom. The van der Waals surface area contributed by atoms with Crippen LogP contribution in [-0.2, 0) is 75.8 Å². The lowest BCUT2D eigenvalue weighted by molar-refractivity contribution is -0.347. The van der Waals surface area contributed by atoms with E-state index in [-0.39, 0.29) is 146 Å². The predicted octanol–water partition coefficient (Wildman–Crippen LogP) is 4.93. The van der Waals surface area contributed by atoms with Crippen molar-refractivity contribution in [2.24, 2.45) is 23.7 Å². The molecule has 0 aromatic rings. The molecule has 3 N–H and O–H groups in total. The number of aliphatic hydroxyl groups is 3. The number of rotatable bonds is 4. The number of ether oxygens (including phenoxy) is 15. The Morgan fingerprint density at radius 1 is 0.506 bits per heavy atom. The van der Waals surface area contributed by atoms with Gasteiger partial charge in [0.2, 0.25) is 0 Å². The fourth-order valence-electron chi connectivity index (χ4n) is 18.2. The van der Waals surface area contributed by atoms with Crippen molar-refractivity contribution in [2.45, 2.75) is 313 Å². The number of aliphatic hydroxyl groups excluding tert-OH is 3. The second-order valence-electron chi connectivity index (χ2n) is 27.5. The van der Waals surface area contributed by atoms with Crippen molar-refractivity contribution in [3.05, 3.63) is 24.3 Å². The van der Waals surface area contributed by atoms with Crippen LogP contribution in [0.2, 0.25) is 0 Å². The van der Waals surface area contributed by atoms with E-state index in [0.717, 1.165) is 49.7 Å².